The third kappa shape index (κ3) is 6.68. The lowest BCUT2D eigenvalue weighted by Gasteiger charge is -2.12. The summed E-state index contributed by atoms with van der Waals surface area (Å²) in [7, 11) is 3.97. The number of nitrogens with zero attached hydrogens (tertiary/aromatic N) is 3. The van der Waals surface area contributed by atoms with Crippen molar-refractivity contribution in [3.63, 3.8) is 0 Å². The summed E-state index contributed by atoms with van der Waals surface area (Å²) in [6.45, 7) is 1.70. The number of likely N-dealkylation sites (N-methyl/N-ethyl adjacent to an activating group) is 1. The van der Waals surface area contributed by atoms with E-state index in [-0.39, 0.29) is 13.1 Å². The van der Waals surface area contributed by atoms with Crippen LogP contribution >= 0.6 is 0 Å². The molecular weight excluding hydrogens is 408 g/mol. The van der Waals surface area contributed by atoms with Gasteiger partial charge in [0.15, 0.2) is 0 Å². The van der Waals surface area contributed by atoms with Crippen LogP contribution in [0.2, 0.25) is 0 Å². The number of carbonyl (C=O) groups is 1. The molecule has 32 heavy (non-hydrogen) atoms. The van der Waals surface area contributed by atoms with Gasteiger partial charge in [-0.05, 0) is 37.4 Å². The molecule has 3 rings (SSSR count). The van der Waals surface area contributed by atoms with Crippen molar-refractivity contribution in [2.24, 2.45) is 0 Å². The fraction of sp³-hybridized carbons (Fsp3) is 0.292. The van der Waals surface area contributed by atoms with Gasteiger partial charge in [-0.25, -0.2) is 4.79 Å². The molecular formula is C24H28N4O4. The standard InChI is InChI=1S/C24H28N4O4/c1-26(2)14-15-32-21-10-8-19(9-11-21)16-25-22(29)18-28-23(30)12-13-27(24(28)31)17-20-6-4-3-5-7-20/h3-13H,14-18H2,1-2H3,(H,25,29). The SMILES string of the molecule is CN(C)CCOc1ccc(CNC(=O)Cn2c(=O)ccn(Cc3ccccc3)c2=O)cc1. The molecule has 1 N–H and O–H groups in total. The molecule has 0 atom stereocenters. The van der Waals surface area contributed by atoms with Gasteiger partial charge in [-0.15, -0.1) is 0 Å². The van der Waals surface area contributed by atoms with Crippen LogP contribution in [0.15, 0.2) is 76.4 Å². The minimum Gasteiger partial charge on any atom is -0.492 e. The van der Waals surface area contributed by atoms with Gasteiger partial charge in [0.05, 0.1) is 6.54 Å². The molecule has 8 nitrogen and oxygen atoms in total. The average molecular weight is 437 g/mol. The van der Waals surface area contributed by atoms with E-state index < -0.39 is 17.2 Å². The normalized spacial score (nSPS) is 10.8. The molecule has 0 bridgehead atoms. The van der Waals surface area contributed by atoms with Crippen molar-refractivity contribution in [3.05, 3.63) is 98.8 Å². The van der Waals surface area contributed by atoms with Crippen LogP contribution in [0.1, 0.15) is 11.1 Å². The summed E-state index contributed by atoms with van der Waals surface area (Å²) in [6, 6.07) is 18.2. The van der Waals surface area contributed by atoms with Gasteiger partial charge in [-0.1, -0.05) is 42.5 Å². The zero-order valence-corrected chi connectivity index (χ0v) is 18.4. The fourth-order valence-corrected chi connectivity index (χ4v) is 3.05. The van der Waals surface area contributed by atoms with Gasteiger partial charge in [-0.3, -0.25) is 18.7 Å². The average Bonchev–Trinajstić information content (AvgIpc) is 2.78. The second kappa shape index (κ2) is 11.1. The molecule has 1 heterocycles. The maximum absolute atomic E-state index is 12.7. The molecule has 2 aromatic carbocycles. The van der Waals surface area contributed by atoms with Crippen LogP contribution in [0.25, 0.3) is 0 Å². The second-order valence-corrected chi connectivity index (χ2v) is 7.71. The van der Waals surface area contributed by atoms with Crippen LogP contribution in [-0.2, 0) is 24.4 Å². The molecule has 0 unspecified atom stereocenters. The van der Waals surface area contributed by atoms with E-state index in [9.17, 15) is 14.4 Å². The lowest BCUT2D eigenvalue weighted by atomic mass is 10.2. The van der Waals surface area contributed by atoms with Crippen LogP contribution in [0, 0.1) is 0 Å². The predicted octanol–water partition coefficient (Wildman–Crippen LogP) is 1.32. The summed E-state index contributed by atoms with van der Waals surface area (Å²) in [5.41, 5.74) is 0.794. The van der Waals surface area contributed by atoms with E-state index in [0.717, 1.165) is 28.0 Å². The molecule has 0 spiro atoms. The summed E-state index contributed by atoms with van der Waals surface area (Å²) in [5.74, 6) is 0.352. The van der Waals surface area contributed by atoms with Crippen molar-refractivity contribution in [1.29, 1.82) is 0 Å². The van der Waals surface area contributed by atoms with Gasteiger partial charge in [0, 0.05) is 25.4 Å². The highest BCUT2D eigenvalue weighted by Gasteiger charge is 2.10. The van der Waals surface area contributed by atoms with Crippen LogP contribution < -0.4 is 21.3 Å². The summed E-state index contributed by atoms with van der Waals surface area (Å²) in [5, 5.41) is 2.75. The number of ether oxygens (including phenoxy) is 1. The van der Waals surface area contributed by atoms with E-state index in [0.29, 0.717) is 13.2 Å². The Balaban J connectivity index is 1.57. The van der Waals surface area contributed by atoms with Crippen LogP contribution in [-0.4, -0.2) is 47.2 Å². The minimum absolute atomic E-state index is 0.288. The molecule has 0 aliphatic heterocycles. The Morgan fingerprint density at radius 1 is 0.969 bits per heavy atom. The molecule has 1 amide bonds. The fourth-order valence-electron chi connectivity index (χ4n) is 3.05. The molecule has 0 saturated heterocycles. The molecule has 1 aromatic heterocycles. The monoisotopic (exact) mass is 436 g/mol. The second-order valence-electron chi connectivity index (χ2n) is 7.71. The highest BCUT2D eigenvalue weighted by atomic mass is 16.5. The van der Waals surface area contributed by atoms with Gasteiger partial charge in [0.1, 0.15) is 18.9 Å². The van der Waals surface area contributed by atoms with Gasteiger partial charge >= 0.3 is 5.69 Å². The van der Waals surface area contributed by atoms with Crippen LogP contribution in [0.4, 0.5) is 0 Å². The molecule has 0 aliphatic rings. The summed E-state index contributed by atoms with van der Waals surface area (Å²) >= 11 is 0. The van der Waals surface area contributed by atoms with Gasteiger partial charge < -0.3 is 15.0 Å². The molecule has 168 valence electrons. The maximum Gasteiger partial charge on any atom is 0.331 e. The number of rotatable bonds is 10. The minimum atomic E-state index is -0.518. The topological polar surface area (TPSA) is 85.6 Å². The number of nitrogens with one attached hydrogen (secondary N) is 1. The van der Waals surface area contributed by atoms with Crippen molar-refractivity contribution in [1.82, 2.24) is 19.4 Å². The first-order valence-corrected chi connectivity index (χ1v) is 10.4. The smallest absolute Gasteiger partial charge is 0.331 e. The lowest BCUT2D eigenvalue weighted by Crippen LogP contribution is -2.43. The summed E-state index contributed by atoms with van der Waals surface area (Å²) in [6.07, 6.45) is 1.45. The number of benzene rings is 2. The number of amides is 1. The van der Waals surface area contributed by atoms with Crippen molar-refractivity contribution < 1.29 is 9.53 Å². The maximum atomic E-state index is 12.7. The number of hydrogen-bond acceptors (Lipinski definition) is 5. The summed E-state index contributed by atoms with van der Waals surface area (Å²) < 4.78 is 8.01. The Labute approximate surface area is 186 Å². The van der Waals surface area contributed by atoms with Crippen molar-refractivity contribution in [2.75, 3.05) is 27.2 Å². The van der Waals surface area contributed by atoms with E-state index in [1.54, 1.807) is 0 Å². The Kier molecular flexibility index (Phi) is 7.99. The first-order chi connectivity index (χ1) is 15.4. The predicted molar refractivity (Wildman–Crippen MR) is 123 cm³/mol. The quantitative estimate of drug-likeness (QED) is 0.518. The Morgan fingerprint density at radius 2 is 1.69 bits per heavy atom. The molecule has 8 heteroatoms. The van der Waals surface area contributed by atoms with E-state index in [2.05, 4.69) is 5.32 Å². The van der Waals surface area contributed by atoms with Crippen molar-refractivity contribution in [2.45, 2.75) is 19.6 Å². The highest BCUT2D eigenvalue weighted by molar-refractivity contribution is 5.75. The first-order valence-electron chi connectivity index (χ1n) is 10.4. The Hall–Kier alpha value is -3.65. The molecule has 0 saturated carbocycles. The number of aromatic nitrogens is 2. The van der Waals surface area contributed by atoms with Crippen LogP contribution in [0.5, 0.6) is 5.75 Å². The van der Waals surface area contributed by atoms with E-state index in [1.165, 1.54) is 16.8 Å². The Bertz CT molecular complexity index is 1140. The first kappa shape index (κ1) is 23.0. The number of hydrogen-bond donors (Lipinski definition) is 1. The van der Waals surface area contributed by atoms with Crippen molar-refractivity contribution >= 4 is 5.91 Å². The van der Waals surface area contributed by atoms with Gasteiger partial charge in [0.25, 0.3) is 5.56 Å². The van der Waals surface area contributed by atoms with Crippen molar-refractivity contribution in [3.8, 4) is 5.75 Å². The molecule has 3 aromatic rings. The third-order valence-electron chi connectivity index (χ3n) is 4.86. The zero-order valence-electron chi connectivity index (χ0n) is 18.4. The zero-order chi connectivity index (χ0) is 22.9. The lowest BCUT2D eigenvalue weighted by molar-refractivity contribution is -0.121. The molecule has 0 aliphatic carbocycles. The van der Waals surface area contributed by atoms with E-state index >= 15 is 0 Å². The largest absolute Gasteiger partial charge is 0.492 e. The van der Waals surface area contributed by atoms with E-state index in [1.807, 2.05) is 73.6 Å². The van der Waals surface area contributed by atoms with E-state index in [4.69, 9.17) is 4.74 Å². The molecule has 0 radical (unpaired) electrons. The van der Waals surface area contributed by atoms with Gasteiger partial charge in [0.2, 0.25) is 5.91 Å². The Morgan fingerprint density at radius 3 is 2.38 bits per heavy atom. The highest BCUT2D eigenvalue weighted by Crippen LogP contribution is 2.12. The molecule has 0 fully saturated rings. The number of carbonyl (C=O) groups excluding carboxylic acids is 1. The summed E-state index contributed by atoms with van der Waals surface area (Å²) in [4.78, 5) is 39.3. The third-order valence-corrected chi connectivity index (χ3v) is 4.86. The van der Waals surface area contributed by atoms with Gasteiger partial charge in [-0.2, -0.15) is 0 Å². The van der Waals surface area contributed by atoms with Crippen LogP contribution in [0.3, 0.4) is 0 Å².